The van der Waals surface area contributed by atoms with Gasteiger partial charge in [-0.3, -0.25) is 0 Å². The van der Waals surface area contributed by atoms with E-state index in [1.54, 1.807) is 7.11 Å². The molecule has 0 saturated heterocycles. The number of rotatable bonds is 8. The summed E-state index contributed by atoms with van der Waals surface area (Å²) in [4.78, 5) is 4.44. The van der Waals surface area contributed by atoms with Gasteiger partial charge in [0.1, 0.15) is 5.75 Å². The predicted octanol–water partition coefficient (Wildman–Crippen LogP) is 4.26. The number of aryl methyl sites for hydroxylation is 1. The van der Waals surface area contributed by atoms with Crippen LogP contribution in [0.5, 0.6) is 5.75 Å². The van der Waals surface area contributed by atoms with Gasteiger partial charge in [0.25, 0.3) is 0 Å². The van der Waals surface area contributed by atoms with Crippen molar-refractivity contribution in [2.24, 2.45) is 0 Å². The molecular weight excluding hydrogens is 252 g/mol. The lowest BCUT2D eigenvalue weighted by Gasteiger charge is -1.99. The molecule has 4 nitrogen and oxygen atoms in total. The van der Waals surface area contributed by atoms with Gasteiger partial charge in [-0.05, 0) is 30.7 Å². The van der Waals surface area contributed by atoms with Crippen molar-refractivity contribution in [1.29, 1.82) is 0 Å². The van der Waals surface area contributed by atoms with Crippen LogP contribution in [0, 0.1) is 0 Å². The zero-order valence-electron chi connectivity index (χ0n) is 12.3. The second kappa shape index (κ2) is 7.68. The van der Waals surface area contributed by atoms with E-state index in [0.29, 0.717) is 5.82 Å². The van der Waals surface area contributed by atoms with E-state index in [1.165, 1.54) is 25.7 Å². The van der Waals surface area contributed by atoms with Crippen molar-refractivity contribution in [2.75, 3.05) is 7.11 Å². The highest BCUT2D eigenvalue weighted by Gasteiger charge is 2.08. The zero-order valence-corrected chi connectivity index (χ0v) is 12.3. The number of benzene rings is 1. The minimum atomic E-state index is 0.649. The van der Waals surface area contributed by atoms with E-state index in [9.17, 15) is 0 Å². The molecule has 108 valence electrons. The number of hydrogen-bond donors (Lipinski definition) is 0. The van der Waals surface area contributed by atoms with Gasteiger partial charge in [-0.15, -0.1) is 0 Å². The average Bonchev–Trinajstić information content (AvgIpc) is 2.96. The summed E-state index contributed by atoms with van der Waals surface area (Å²) in [5, 5.41) is 4.03. The van der Waals surface area contributed by atoms with Gasteiger partial charge in [-0.25, -0.2) is 0 Å². The summed E-state index contributed by atoms with van der Waals surface area (Å²) in [6, 6.07) is 7.68. The molecule has 1 aromatic heterocycles. The molecule has 0 radical (unpaired) electrons. The number of methoxy groups -OCH3 is 1. The third-order valence-electron chi connectivity index (χ3n) is 3.31. The Morgan fingerprint density at radius 1 is 1.05 bits per heavy atom. The van der Waals surface area contributed by atoms with Gasteiger partial charge < -0.3 is 9.26 Å². The van der Waals surface area contributed by atoms with Crippen LogP contribution >= 0.6 is 0 Å². The van der Waals surface area contributed by atoms with Gasteiger partial charge in [0.05, 0.1) is 7.11 Å². The molecule has 0 spiro atoms. The van der Waals surface area contributed by atoms with Crippen LogP contribution < -0.4 is 4.74 Å². The lowest BCUT2D eigenvalue weighted by atomic mass is 10.1. The molecule has 20 heavy (non-hydrogen) atoms. The van der Waals surface area contributed by atoms with Crippen molar-refractivity contribution in [1.82, 2.24) is 10.1 Å². The van der Waals surface area contributed by atoms with E-state index in [2.05, 4.69) is 17.1 Å². The Bertz CT molecular complexity index is 505. The lowest BCUT2D eigenvalue weighted by Crippen LogP contribution is -1.87. The third kappa shape index (κ3) is 4.08. The van der Waals surface area contributed by atoms with Crippen LogP contribution in [0.4, 0.5) is 0 Å². The molecule has 1 heterocycles. The molecule has 2 rings (SSSR count). The number of aromatic nitrogens is 2. The van der Waals surface area contributed by atoms with Crippen molar-refractivity contribution in [3.63, 3.8) is 0 Å². The molecule has 0 unspecified atom stereocenters. The number of nitrogens with zero attached hydrogens (tertiary/aromatic N) is 2. The molecule has 0 fully saturated rings. The fraction of sp³-hybridized carbons (Fsp3) is 0.500. The minimum absolute atomic E-state index is 0.649. The summed E-state index contributed by atoms with van der Waals surface area (Å²) in [6.45, 7) is 2.22. The molecule has 0 atom stereocenters. The molecule has 0 amide bonds. The van der Waals surface area contributed by atoms with E-state index in [4.69, 9.17) is 9.26 Å². The van der Waals surface area contributed by atoms with Crippen molar-refractivity contribution in [3.8, 4) is 17.1 Å². The second-order valence-corrected chi connectivity index (χ2v) is 4.90. The predicted molar refractivity (Wildman–Crippen MR) is 78.7 cm³/mol. The molecule has 1 aromatic carbocycles. The highest BCUT2D eigenvalue weighted by Crippen LogP contribution is 2.20. The Labute approximate surface area is 120 Å². The van der Waals surface area contributed by atoms with Crippen LogP contribution in [0.3, 0.4) is 0 Å². The topological polar surface area (TPSA) is 48.2 Å². The maximum Gasteiger partial charge on any atom is 0.226 e. The Morgan fingerprint density at radius 3 is 2.50 bits per heavy atom. The SMILES string of the molecule is CCCCCCCc1nc(-c2ccc(OC)cc2)no1. The molecule has 0 aliphatic carbocycles. The standard InChI is InChI=1S/C16H22N2O2/c1-3-4-5-6-7-8-15-17-16(18-20-15)13-9-11-14(19-2)12-10-13/h9-12H,3-8H2,1-2H3. The smallest absolute Gasteiger partial charge is 0.226 e. The van der Waals surface area contributed by atoms with Gasteiger partial charge in [0.15, 0.2) is 0 Å². The van der Waals surface area contributed by atoms with E-state index in [0.717, 1.165) is 30.0 Å². The van der Waals surface area contributed by atoms with Gasteiger partial charge in [-0.1, -0.05) is 37.8 Å². The third-order valence-corrected chi connectivity index (χ3v) is 3.31. The fourth-order valence-electron chi connectivity index (χ4n) is 2.09. The van der Waals surface area contributed by atoms with Crippen LogP contribution in [-0.4, -0.2) is 17.3 Å². The van der Waals surface area contributed by atoms with Gasteiger partial charge in [0.2, 0.25) is 11.7 Å². The van der Waals surface area contributed by atoms with Gasteiger partial charge in [-0.2, -0.15) is 4.98 Å². The molecule has 0 aliphatic heterocycles. The largest absolute Gasteiger partial charge is 0.497 e. The first-order chi connectivity index (χ1) is 9.83. The first-order valence-corrected chi connectivity index (χ1v) is 7.30. The lowest BCUT2D eigenvalue weighted by molar-refractivity contribution is 0.374. The van der Waals surface area contributed by atoms with Gasteiger partial charge >= 0.3 is 0 Å². The maximum atomic E-state index is 5.29. The molecule has 4 heteroatoms. The maximum absolute atomic E-state index is 5.29. The van der Waals surface area contributed by atoms with Crippen LogP contribution in [0.15, 0.2) is 28.8 Å². The van der Waals surface area contributed by atoms with Crippen molar-refractivity contribution < 1.29 is 9.26 Å². The van der Waals surface area contributed by atoms with Crippen LogP contribution in [0.2, 0.25) is 0 Å². The molecule has 0 aliphatic rings. The molecule has 0 saturated carbocycles. The highest BCUT2D eigenvalue weighted by molar-refractivity contribution is 5.55. The summed E-state index contributed by atoms with van der Waals surface area (Å²) in [5.41, 5.74) is 0.951. The Hall–Kier alpha value is -1.84. The highest BCUT2D eigenvalue weighted by atomic mass is 16.5. The first-order valence-electron chi connectivity index (χ1n) is 7.30. The fourth-order valence-corrected chi connectivity index (χ4v) is 2.09. The van der Waals surface area contributed by atoms with E-state index in [-0.39, 0.29) is 0 Å². The molecule has 0 N–H and O–H groups in total. The summed E-state index contributed by atoms with van der Waals surface area (Å²) in [7, 11) is 1.65. The Morgan fingerprint density at radius 2 is 1.80 bits per heavy atom. The van der Waals surface area contributed by atoms with Crippen molar-refractivity contribution in [3.05, 3.63) is 30.2 Å². The van der Waals surface area contributed by atoms with Gasteiger partial charge in [0, 0.05) is 12.0 Å². The Balaban J connectivity index is 1.87. The monoisotopic (exact) mass is 274 g/mol. The van der Waals surface area contributed by atoms with E-state index >= 15 is 0 Å². The Kier molecular flexibility index (Phi) is 5.59. The second-order valence-electron chi connectivity index (χ2n) is 4.90. The zero-order chi connectivity index (χ0) is 14.2. The number of unbranched alkanes of at least 4 members (excludes halogenated alkanes) is 4. The van der Waals surface area contributed by atoms with Crippen LogP contribution in [0.1, 0.15) is 44.9 Å². The van der Waals surface area contributed by atoms with Crippen molar-refractivity contribution >= 4 is 0 Å². The summed E-state index contributed by atoms with van der Waals surface area (Å²) >= 11 is 0. The van der Waals surface area contributed by atoms with Crippen molar-refractivity contribution in [2.45, 2.75) is 45.4 Å². The minimum Gasteiger partial charge on any atom is -0.497 e. The number of ether oxygens (including phenoxy) is 1. The van der Waals surface area contributed by atoms with E-state index < -0.39 is 0 Å². The molecule has 0 bridgehead atoms. The normalized spacial score (nSPS) is 10.7. The summed E-state index contributed by atoms with van der Waals surface area (Å²) in [5.74, 6) is 2.21. The average molecular weight is 274 g/mol. The quantitative estimate of drug-likeness (QED) is 0.675. The van der Waals surface area contributed by atoms with Crippen LogP contribution in [-0.2, 0) is 6.42 Å². The summed E-state index contributed by atoms with van der Waals surface area (Å²) < 4.78 is 10.4. The number of hydrogen-bond acceptors (Lipinski definition) is 4. The van der Waals surface area contributed by atoms with E-state index in [1.807, 2.05) is 24.3 Å². The molecule has 2 aromatic rings. The summed E-state index contributed by atoms with van der Waals surface area (Å²) in [6.07, 6.45) is 7.07. The first kappa shape index (κ1) is 14.6. The van der Waals surface area contributed by atoms with Crippen LogP contribution in [0.25, 0.3) is 11.4 Å². The molecular formula is C16H22N2O2.